The predicted molar refractivity (Wildman–Crippen MR) is 71.4 cm³/mol. The molecule has 0 aliphatic carbocycles. The summed E-state index contributed by atoms with van der Waals surface area (Å²) in [5, 5.41) is 15.0. The third-order valence-corrected chi connectivity index (χ3v) is 3.33. The molecule has 0 saturated carbocycles. The SMILES string of the molecule is CC(CCO)CNC(=O)C1Cc2ccccc2N1. The van der Waals surface area contributed by atoms with Crippen LogP contribution in [0.1, 0.15) is 18.9 Å². The molecule has 1 heterocycles. The van der Waals surface area contributed by atoms with Crippen molar-refractivity contribution >= 4 is 11.6 Å². The zero-order chi connectivity index (χ0) is 13.0. The van der Waals surface area contributed by atoms with Crippen LogP contribution in [0.15, 0.2) is 24.3 Å². The Bertz CT molecular complexity index is 395. The summed E-state index contributed by atoms with van der Waals surface area (Å²) in [7, 11) is 0. The molecule has 1 aromatic rings. The van der Waals surface area contributed by atoms with E-state index in [0.29, 0.717) is 12.5 Å². The van der Waals surface area contributed by atoms with Gasteiger partial charge >= 0.3 is 0 Å². The van der Waals surface area contributed by atoms with Crippen LogP contribution in [0.2, 0.25) is 0 Å². The van der Waals surface area contributed by atoms with E-state index >= 15 is 0 Å². The molecule has 4 heteroatoms. The molecule has 0 saturated heterocycles. The highest BCUT2D eigenvalue weighted by atomic mass is 16.3. The molecule has 0 spiro atoms. The molecule has 1 amide bonds. The van der Waals surface area contributed by atoms with E-state index in [2.05, 4.69) is 10.6 Å². The van der Waals surface area contributed by atoms with Crippen LogP contribution in [-0.2, 0) is 11.2 Å². The first-order chi connectivity index (χ1) is 8.70. The molecule has 98 valence electrons. The summed E-state index contributed by atoms with van der Waals surface area (Å²) >= 11 is 0. The molecule has 3 N–H and O–H groups in total. The van der Waals surface area contributed by atoms with Gasteiger partial charge in [0.2, 0.25) is 5.91 Å². The largest absolute Gasteiger partial charge is 0.396 e. The second-order valence-corrected chi connectivity index (χ2v) is 4.92. The van der Waals surface area contributed by atoms with E-state index in [4.69, 9.17) is 5.11 Å². The van der Waals surface area contributed by atoms with E-state index in [0.717, 1.165) is 18.5 Å². The van der Waals surface area contributed by atoms with Crippen LogP contribution in [0.5, 0.6) is 0 Å². The zero-order valence-electron chi connectivity index (χ0n) is 10.6. The van der Waals surface area contributed by atoms with Crippen molar-refractivity contribution in [2.24, 2.45) is 5.92 Å². The molecule has 0 radical (unpaired) electrons. The highest BCUT2D eigenvalue weighted by Crippen LogP contribution is 2.25. The monoisotopic (exact) mass is 248 g/mol. The van der Waals surface area contributed by atoms with Crippen molar-refractivity contribution in [1.82, 2.24) is 5.32 Å². The van der Waals surface area contributed by atoms with Crippen molar-refractivity contribution in [2.45, 2.75) is 25.8 Å². The number of hydrogen-bond acceptors (Lipinski definition) is 3. The maximum atomic E-state index is 12.0. The zero-order valence-corrected chi connectivity index (χ0v) is 10.6. The first-order valence-corrected chi connectivity index (χ1v) is 6.43. The molecule has 2 unspecified atom stereocenters. The first kappa shape index (κ1) is 12.9. The van der Waals surface area contributed by atoms with Crippen LogP contribution >= 0.6 is 0 Å². The molecule has 1 aliphatic heterocycles. The van der Waals surface area contributed by atoms with E-state index in [1.54, 1.807) is 0 Å². The third kappa shape index (κ3) is 3.01. The van der Waals surface area contributed by atoms with Gasteiger partial charge in [-0.15, -0.1) is 0 Å². The van der Waals surface area contributed by atoms with Crippen LogP contribution in [0.3, 0.4) is 0 Å². The summed E-state index contributed by atoms with van der Waals surface area (Å²) in [6, 6.07) is 7.84. The number of carbonyl (C=O) groups excluding carboxylic acids is 1. The number of fused-ring (bicyclic) bond motifs is 1. The van der Waals surface area contributed by atoms with Crippen molar-refractivity contribution < 1.29 is 9.90 Å². The smallest absolute Gasteiger partial charge is 0.242 e. The van der Waals surface area contributed by atoms with Gasteiger partial charge in [-0.3, -0.25) is 4.79 Å². The van der Waals surface area contributed by atoms with Crippen molar-refractivity contribution in [3.63, 3.8) is 0 Å². The Morgan fingerprint density at radius 1 is 1.56 bits per heavy atom. The summed E-state index contributed by atoms with van der Waals surface area (Å²) in [6.07, 6.45) is 1.47. The molecule has 18 heavy (non-hydrogen) atoms. The third-order valence-electron chi connectivity index (χ3n) is 3.33. The Hall–Kier alpha value is -1.55. The standard InChI is InChI=1S/C14H20N2O2/c1-10(6-7-17)9-15-14(18)13-8-11-4-2-3-5-12(11)16-13/h2-5,10,13,16-17H,6-9H2,1H3,(H,15,18). The second kappa shape index (κ2) is 5.87. The number of rotatable bonds is 5. The number of benzene rings is 1. The lowest BCUT2D eigenvalue weighted by molar-refractivity contribution is -0.121. The number of hydrogen-bond donors (Lipinski definition) is 3. The number of aliphatic hydroxyl groups is 1. The van der Waals surface area contributed by atoms with Crippen LogP contribution in [0, 0.1) is 5.92 Å². The molecule has 1 aromatic carbocycles. The van der Waals surface area contributed by atoms with E-state index < -0.39 is 0 Å². The summed E-state index contributed by atoms with van der Waals surface area (Å²) in [5.74, 6) is 0.346. The van der Waals surface area contributed by atoms with Crippen molar-refractivity contribution in [1.29, 1.82) is 0 Å². The Labute approximate surface area is 107 Å². The van der Waals surface area contributed by atoms with Gasteiger partial charge in [-0.05, 0) is 24.0 Å². The Morgan fingerprint density at radius 3 is 3.06 bits per heavy atom. The van der Waals surface area contributed by atoms with Gasteiger partial charge in [-0.2, -0.15) is 0 Å². The van der Waals surface area contributed by atoms with E-state index in [1.165, 1.54) is 5.56 Å². The number of amides is 1. The topological polar surface area (TPSA) is 61.4 Å². The minimum absolute atomic E-state index is 0.0380. The maximum absolute atomic E-state index is 12.0. The number of nitrogens with one attached hydrogen (secondary N) is 2. The second-order valence-electron chi connectivity index (χ2n) is 4.92. The van der Waals surface area contributed by atoms with E-state index in [1.807, 2.05) is 31.2 Å². The van der Waals surface area contributed by atoms with Gasteiger partial charge in [0.05, 0.1) is 0 Å². The highest BCUT2D eigenvalue weighted by Gasteiger charge is 2.26. The van der Waals surface area contributed by atoms with Crippen LogP contribution < -0.4 is 10.6 Å². The molecule has 2 rings (SSSR count). The van der Waals surface area contributed by atoms with E-state index in [9.17, 15) is 4.79 Å². The molecule has 0 bridgehead atoms. The van der Waals surface area contributed by atoms with Gasteiger partial charge in [-0.1, -0.05) is 25.1 Å². The molecule has 0 fully saturated rings. The van der Waals surface area contributed by atoms with Gasteiger partial charge < -0.3 is 15.7 Å². The number of para-hydroxylation sites is 1. The Kier molecular flexibility index (Phi) is 4.20. The van der Waals surface area contributed by atoms with Crippen molar-refractivity contribution in [3.8, 4) is 0 Å². The van der Waals surface area contributed by atoms with Gasteiger partial charge in [0.15, 0.2) is 0 Å². The normalized spacial score (nSPS) is 18.9. The Balaban J connectivity index is 1.82. The van der Waals surface area contributed by atoms with Gasteiger partial charge in [0.25, 0.3) is 0 Å². The average Bonchev–Trinajstić information content (AvgIpc) is 2.80. The summed E-state index contributed by atoms with van der Waals surface area (Å²) in [5.41, 5.74) is 2.25. The molecule has 4 nitrogen and oxygen atoms in total. The quantitative estimate of drug-likeness (QED) is 0.732. The summed E-state index contributed by atoms with van der Waals surface area (Å²) in [6.45, 7) is 2.81. The van der Waals surface area contributed by atoms with Crippen LogP contribution in [0.4, 0.5) is 5.69 Å². The average molecular weight is 248 g/mol. The minimum atomic E-state index is -0.163. The Morgan fingerprint density at radius 2 is 2.33 bits per heavy atom. The van der Waals surface area contributed by atoms with E-state index in [-0.39, 0.29) is 18.6 Å². The fraction of sp³-hybridized carbons (Fsp3) is 0.500. The fourth-order valence-electron chi connectivity index (χ4n) is 2.18. The maximum Gasteiger partial charge on any atom is 0.242 e. The molecule has 2 atom stereocenters. The predicted octanol–water partition coefficient (Wildman–Crippen LogP) is 1.16. The first-order valence-electron chi connectivity index (χ1n) is 6.43. The minimum Gasteiger partial charge on any atom is -0.396 e. The molecular formula is C14H20N2O2. The van der Waals surface area contributed by atoms with Gasteiger partial charge in [0, 0.05) is 25.3 Å². The van der Waals surface area contributed by atoms with Crippen molar-refractivity contribution in [2.75, 3.05) is 18.5 Å². The van der Waals surface area contributed by atoms with Crippen LogP contribution in [-0.4, -0.2) is 30.2 Å². The lowest BCUT2D eigenvalue weighted by Gasteiger charge is -2.15. The number of aliphatic hydroxyl groups excluding tert-OH is 1. The number of anilines is 1. The molecular weight excluding hydrogens is 228 g/mol. The summed E-state index contributed by atoms with van der Waals surface area (Å²) in [4.78, 5) is 12.0. The van der Waals surface area contributed by atoms with Gasteiger partial charge in [0.1, 0.15) is 6.04 Å². The summed E-state index contributed by atoms with van der Waals surface area (Å²) < 4.78 is 0. The molecule has 1 aliphatic rings. The lowest BCUT2D eigenvalue weighted by atomic mass is 10.1. The fourth-order valence-corrected chi connectivity index (χ4v) is 2.18. The van der Waals surface area contributed by atoms with Crippen molar-refractivity contribution in [3.05, 3.63) is 29.8 Å². The number of carbonyl (C=O) groups is 1. The van der Waals surface area contributed by atoms with Crippen LogP contribution in [0.25, 0.3) is 0 Å². The lowest BCUT2D eigenvalue weighted by Crippen LogP contribution is -2.40. The highest BCUT2D eigenvalue weighted by molar-refractivity contribution is 5.87. The molecule has 0 aromatic heterocycles. The van der Waals surface area contributed by atoms with Gasteiger partial charge in [-0.25, -0.2) is 0 Å².